The van der Waals surface area contributed by atoms with E-state index in [2.05, 4.69) is 0 Å². The van der Waals surface area contributed by atoms with Gasteiger partial charge in [0.25, 0.3) is 0 Å². The maximum atomic E-state index is 11.3. The summed E-state index contributed by atoms with van der Waals surface area (Å²) in [5.41, 5.74) is 0. The van der Waals surface area contributed by atoms with Crippen molar-refractivity contribution in [3.63, 3.8) is 0 Å². The van der Waals surface area contributed by atoms with Crippen LogP contribution in [0.2, 0.25) is 0 Å². The van der Waals surface area contributed by atoms with Gasteiger partial charge in [-0.2, -0.15) is 0 Å². The Hall–Kier alpha value is 0.150. The van der Waals surface area contributed by atoms with Crippen LogP contribution in [0.1, 0.15) is 12.8 Å². The number of rotatable bonds is 4. The van der Waals surface area contributed by atoms with Crippen LogP contribution in [0.15, 0.2) is 0 Å². The number of sulfonamides is 1. The maximum Gasteiger partial charge on any atom is 0.232 e. The van der Waals surface area contributed by atoms with E-state index in [0.29, 0.717) is 13.0 Å². The van der Waals surface area contributed by atoms with Crippen molar-refractivity contribution in [2.75, 3.05) is 24.6 Å². The number of halogens is 1. The van der Waals surface area contributed by atoms with Crippen LogP contribution >= 0.6 is 10.7 Å². The number of nitrogens with zero attached hydrogens (tertiary/aromatic N) is 1. The van der Waals surface area contributed by atoms with Gasteiger partial charge in [0.1, 0.15) is 0 Å². The second-order valence-corrected chi connectivity index (χ2v) is 8.15. The highest BCUT2D eigenvalue weighted by Gasteiger charge is 2.27. The van der Waals surface area contributed by atoms with E-state index in [9.17, 15) is 16.8 Å². The summed E-state index contributed by atoms with van der Waals surface area (Å²) in [5.74, 6) is -0.0127. The van der Waals surface area contributed by atoms with Crippen molar-refractivity contribution < 1.29 is 16.8 Å². The highest BCUT2D eigenvalue weighted by atomic mass is 35.7. The molecule has 5 nitrogen and oxygen atoms in total. The minimum Gasteiger partial charge on any atom is -0.212 e. The third kappa shape index (κ3) is 3.72. The molecular weight excluding hydrogens is 250 g/mol. The summed E-state index contributed by atoms with van der Waals surface area (Å²) >= 11 is 0. The van der Waals surface area contributed by atoms with Crippen molar-refractivity contribution in [1.82, 2.24) is 4.31 Å². The van der Waals surface area contributed by atoms with E-state index in [1.165, 1.54) is 4.31 Å². The Kier molecular flexibility index (Phi) is 3.79. The second-order valence-electron chi connectivity index (χ2n) is 3.17. The molecule has 1 aliphatic rings. The molecule has 0 aromatic carbocycles. The highest BCUT2D eigenvalue weighted by molar-refractivity contribution is 8.13. The fourth-order valence-electron chi connectivity index (χ4n) is 1.36. The monoisotopic (exact) mass is 261 g/mol. The lowest BCUT2D eigenvalue weighted by atomic mass is 10.4. The number of hydrogen-bond acceptors (Lipinski definition) is 4. The van der Waals surface area contributed by atoms with E-state index in [4.69, 9.17) is 10.7 Å². The Morgan fingerprint density at radius 3 is 2.43 bits per heavy atom. The lowest BCUT2D eigenvalue weighted by molar-refractivity contribution is 0.442. The summed E-state index contributed by atoms with van der Waals surface area (Å²) in [6.07, 6.45) is 0.876. The molecule has 0 amide bonds. The Balaban J connectivity index is 2.40. The van der Waals surface area contributed by atoms with Crippen molar-refractivity contribution in [2.45, 2.75) is 12.8 Å². The van der Waals surface area contributed by atoms with Crippen LogP contribution in [0.5, 0.6) is 0 Å². The van der Waals surface area contributed by atoms with Gasteiger partial charge in [-0.15, -0.1) is 0 Å². The molecule has 1 aliphatic heterocycles. The molecule has 8 heteroatoms. The van der Waals surface area contributed by atoms with Gasteiger partial charge < -0.3 is 0 Å². The quantitative estimate of drug-likeness (QED) is 0.667. The second kappa shape index (κ2) is 4.34. The summed E-state index contributed by atoms with van der Waals surface area (Å²) in [5, 5.41) is 0. The van der Waals surface area contributed by atoms with Gasteiger partial charge in [0.2, 0.25) is 19.1 Å². The van der Waals surface area contributed by atoms with Crippen LogP contribution in [-0.2, 0) is 19.1 Å². The Labute approximate surface area is 88.5 Å². The van der Waals surface area contributed by atoms with Crippen LogP contribution in [0.3, 0.4) is 0 Å². The Morgan fingerprint density at radius 1 is 1.36 bits per heavy atom. The summed E-state index contributed by atoms with van der Waals surface area (Å²) < 4.78 is 45.0. The minimum absolute atomic E-state index is 0.167. The zero-order valence-electron chi connectivity index (χ0n) is 7.52. The minimum atomic E-state index is -3.50. The molecule has 0 atom stereocenters. The van der Waals surface area contributed by atoms with E-state index < -0.39 is 19.1 Å². The molecular formula is C6H12ClNO4S2. The van der Waals surface area contributed by atoms with Crippen LogP contribution in [0, 0.1) is 0 Å². The van der Waals surface area contributed by atoms with Crippen LogP contribution in [-0.4, -0.2) is 45.7 Å². The lowest BCUT2D eigenvalue weighted by Crippen LogP contribution is -2.27. The molecule has 0 aromatic rings. The molecule has 84 valence electrons. The van der Waals surface area contributed by atoms with Crippen molar-refractivity contribution >= 4 is 29.8 Å². The molecule has 1 saturated heterocycles. The molecule has 0 bridgehead atoms. The predicted octanol–water partition coefficient (Wildman–Crippen LogP) is -0.0194. The van der Waals surface area contributed by atoms with E-state index >= 15 is 0 Å². The van der Waals surface area contributed by atoms with Gasteiger partial charge in [0.05, 0.1) is 11.5 Å². The first-order valence-electron chi connectivity index (χ1n) is 4.21. The van der Waals surface area contributed by atoms with E-state index in [1.807, 2.05) is 0 Å². The zero-order valence-corrected chi connectivity index (χ0v) is 9.91. The topological polar surface area (TPSA) is 71.5 Å². The van der Waals surface area contributed by atoms with Gasteiger partial charge in [0.15, 0.2) is 0 Å². The maximum absolute atomic E-state index is 11.3. The van der Waals surface area contributed by atoms with Crippen molar-refractivity contribution in [1.29, 1.82) is 0 Å². The van der Waals surface area contributed by atoms with Gasteiger partial charge in [0, 0.05) is 23.8 Å². The molecule has 1 heterocycles. The average molecular weight is 262 g/mol. The first-order chi connectivity index (χ1) is 6.31. The van der Waals surface area contributed by atoms with E-state index in [-0.39, 0.29) is 24.5 Å². The van der Waals surface area contributed by atoms with Crippen LogP contribution in [0.4, 0.5) is 0 Å². The Morgan fingerprint density at radius 2 is 2.00 bits per heavy atom. The van der Waals surface area contributed by atoms with Gasteiger partial charge in [-0.1, -0.05) is 0 Å². The first kappa shape index (κ1) is 12.2. The number of hydrogen-bond donors (Lipinski definition) is 0. The van der Waals surface area contributed by atoms with Crippen LogP contribution in [0.25, 0.3) is 0 Å². The van der Waals surface area contributed by atoms with Gasteiger partial charge in [-0.3, -0.25) is 0 Å². The van der Waals surface area contributed by atoms with Crippen molar-refractivity contribution in [3.05, 3.63) is 0 Å². The highest BCUT2D eigenvalue weighted by Crippen LogP contribution is 2.13. The fourth-order valence-corrected chi connectivity index (χ4v) is 3.72. The Bertz CT molecular complexity index is 388. The van der Waals surface area contributed by atoms with Crippen molar-refractivity contribution in [2.24, 2.45) is 0 Å². The van der Waals surface area contributed by atoms with E-state index in [0.717, 1.165) is 0 Å². The SMILES string of the molecule is O=S(=O)(Cl)CCCN1CCCS1(=O)=O. The smallest absolute Gasteiger partial charge is 0.212 e. The normalized spacial score (nSPS) is 22.6. The summed E-state index contributed by atoms with van der Waals surface area (Å²) in [6, 6.07) is 0. The molecule has 0 radical (unpaired) electrons. The standard InChI is InChI=1S/C6H12ClNO4S2/c7-13(9,10)5-1-3-8-4-2-6-14(8,11)12/h1-6H2. The molecule has 0 saturated carbocycles. The molecule has 1 rings (SSSR count). The molecule has 14 heavy (non-hydrogen) atoms. The fraction of sp³-hybridized carbons (Fsp3) is 1.00. The first-order valence-corrected chi connectivity index (χ1v) is 8.30. The van der Waals surface area contributed by atoms with Gasteiger partial charge in [-0.05, 0) is 12.8 Å². The summed E-state index contributed by atoms with van der Waals surface area (Å²) in [4.78, 5) is 0. The molecule has 0 aromatic heterocycles. The average Bonchev–Trinajstić information content (AvgIpc) is 2.28. The molecule has 0 aliphatic carbocycles. The van der Waals surface area contributed by atoms with Gasteiger partial charge >= 0.3 is 0 Å². The van der Waals surface area contributed by atoms with E-state index in [1.54, 1.807) is 0 Å². The zero-order chi connectivity index (χ0) is 10.8. The lowest BCUT2D eigenvalue weighted by Gasteiger charge is -2.12. The third-order valence-electron chi connectivity index (χ3n) is 2.00. The van der Waals surface area contributed by atoms with Crippen LogP contribution < -0.4 is 0 Å². The van der Waals surface area contributed by atoms with Crippen molar-refractivity contribution in [3.8, 4) is 0 Å². The summed E-state index contributed by atoms with van der Waals surface area (Å²) in [7, 11) is -1.62. The predicted molar refractivity (Wildman–Crippen MR) is 54.2 cm³/mol. The van der Waals surface area contributed by atoms with Gasteiger partial charge in [-0.25, -0.2) is 21.1 Å². The molecule has 0 N–H and O–H groups in total. The third-order valence-corrected chi connectivity index (χ3v) is 5.19. The summed E-state index contributed by atoms with van der Waals surface area (Å²) in [6.45, 7) is 0.735. The molecule has 1 fully saturated rings. The largest absolute Gasteiger partial charge is 0.232 e. The molecule has 0 spiro atoms. The molecule has 0 unspecified atom stereocenters.